The maximum absolute atomic E-state index is 10.00. The van der Waals surface area contributed by atoms with Crippen molar-refractivity contribution in [2.45, 2.75) is 59.2 Å². The Kier molecular flexibility index (Phi) is 9.36. The first-order valence-corrected chi connectivity index (χ1v) is 17.0. The Bertz CT molecular complexity index is 2180. The molecule has 9 nitrogen and oxygen atoms in total. The van der Waals surface area contributed by atoms with Gasteiger partial charge < -0.3 is 20.2 Å². The summed E-state index contributed by atoms with van der Waals surface area (Å²) in [5, 5.41) is 27.3. The zero-order chi connectivity index (χ0) is 33.9. The van der Waals surface area contributed by atoms with Crippen molar-refractivity contribution in [2.24, 2.45) is 0 Å². The average molecular weight is 652 g/mol. The van der Waals surface area contributed by atoms with Crippen molar-refractivity contribution in [3.05, 3.63) is 101 Å². The van der Waals surface area contributed by atoms with Crippen LogP contribution in [0.25, 0.3) is 44.6 Å². The number of aliphatic hydroxyl groups is 1. The van der Waals surface area contributed by atoms with Crippen LogP contribution in [-0.2, 0) is 13.1 Å². The van der Waals surface area contributed by atoms with Crippen LogP contribution in [0.15, 0.2) is 77.5 Å². The van der Waals surface area contributed by atoms with Crippen molar-refractivity contribution < 1.29 is 9.52 Å². The number of hydrogen-bond acceptors (Lipinski definition) is 9. The number of aromatic nitrogens is 3. The van der Waals surface area contributed by atoms with E-state index < -0.39 is 6.10 Å². The van der Waals surface area contributed by atoms with Gasteiger partial charge >= 0.3 is 0 Å². The van der Waals surface area contributed by atoms with Gasteiger partial charge in [0.2, 0.25) is 5.89 Å². The summed E-state index contributed by atoms with van der Waals surface area (Å²) in [6, 6.07) is 22.8. The van der Waals surface area contributed by atoms with Crippen molar-refractivity contribution in [1.29, 1.82) is 5.26 Å². The van der Waals surface area contributed by atoms with Crippen molar-refractivity contribution in [3.8, 4) is 28.7 Å². The predicted octanol–water partition coefficient (Wildman–Crippen LogP) is 7.79. The Balaban J connectivity index is 1.18. The Morgan fingerprint density at radius 1 is 0.939 bits per heavy atom. The molecule has 1 aliphatic heterocycles. The highest BCUT2D eigenvalue weighted by atomic mass is 16.3. The summed E-state index contributed by atoms with van der Waals surface area (Å²) >= 11 is 0. The molecule has 3 N–H and O–H groups in total. The van der Waals surface area contributed by atoms with Crippen molar-refractivity contribution in [2.75, 3.05) is 25.0 Å². The molecule has 7 rings (SSSR count). The van der Waals surface area contributed by atoms with E-state index in [4.69, 9.17) is 14.4 Å². The van der Waals surface area contributed by atoms with Crippen LogP contribution < -0.4 is 10.6 Å². The first-order chi connectivity index (χ1) is 23.9. The number of piperidine rings is 1. The first-order valence-electron chi connectivity index (χ1n) is 17.0. The Morgan fingerprint density at radius 2 is 1.71 bits per heavy atom. The highest BCUT2D eigenvalue weighted by Crippen LogP contribution is 2.37. The van der Waals surface area contributed by atoms with Crippen molar-refractivity contribution >= 4 is 33.5 Å². The van der Waals surface area contributed by atoms with Crippen molar-refractivity contribution in [1.82, 2.24) is 25.2 Å². The molecule has 9 heteroatoms. The lowest BCUT2D eigenvalue weighted by atomic mass is 9.93. The van der Waals surface area contributed by atoms with Gasteiger partial charge in [-0.15, -0.1) is 0 Å². The number of hydrogen-bond donors (Lipinski definition) is 3. The van der Waals surface area contributed by atoms with E-state index in [-0.39, 0.29) is 0 Å². The molecule has 6 aromatic rings. The molecule has 1 saturated heterocycles. The van der Waals surface area contributed by atoms with Gasteiger partial charge in [0.1, 0.15) is 17.1 Å². The monoisotopic (exact) mass is 651 g/mol. The summed E-state index contributed by atoms with van der Waals surface area (Å²) in [7, 11) is 0. The van der Waals surface area contributed by atoms with Crippen LogP contribution >= 0.6 is 0 Å². The number of likely N-dealkylation sites (tertiary alicyclic amines) is 1. The normalized spacial score (nSPS) is 14.3. The van der Waals surface area contributed by atoms with E-state index in [1.54, 1.807) is 13.1 Å². The van der Waals surface area contributed by atoms with Crippen LogP contribution in [0.5, 0.6) is 0 Å². The Hall–Kier alpha value is -5.14. The van der Waals surface area contributed by atoms with E-state index in [2.05, 4.69) is 70.8 Å². The number of pyridine rings is 2. The fourth-order valence-electron chi connectivity index (χ4n) is 6.82. The minimum Gasteiger partial charge on any atom is -0.435 e. The van der Waals surface area contributed by atoms with Crippen LogP contribution in [0.1, 0.15) is 54.0 Å². The molecule has 1 aliphatic rings. The quantitative estimate of drug-likeness (QED) is 0.136. The molecule has 3 aromatic heterocycles. The van der Waals surface area contributed by atoms with Gasteiger partial charge in [-0.2, -0.15) is 5.26 Å². The van der Waals surface area contributed by atoms with E-state index in [1.807, 2.05) is 36.5 Å². The molecule has 3 aromatic carbocycles. The number of benzene rings is 3. The molecule has 0 aliphatic carbocycles. The minimum atomic E-state index is -0.402. The molecule has 0 spiro atoms. The topological polar surface area (TPSA) is 123 Å². The van der Waals surface area contributed by atoms with Gasteiger partial charge in [0.15, 0.2) is 11.4 Å². The first kappa shape index (κ1) is 32.4. The van der Waals surface area contributed by atoms with E-state index >= 15 is 0 Å². The lowest BCUT2D eigenvalue weighted by Gasteiger charge is -2.26. The summed E-state index contributed by atoms with van der Waals surface area (Å²) in [6.45, 7) is 10.1. The van der Waals surface area contributed by atoms with Crippen molar-refractivity contribution in [3.63, 3.8) is 0 Å². The van der Waals surface area contributed by atoms with Crippen LogP contribution in [-0.4, -0.2) is 50.7 Å². The molecule has 0 bridgehead atoms. The van der Waals surface area contributed by atoms with Gasteiger partial charge in [0.05, 0.1) is 11.7 Å². The third-order valence-corrected chi connectivity index (χ3v) is 9.39. The third-order valence-electron chi connectivity index (χ3n) is 9.39. The number of nitriles is 1. The summed E-state index contributed by atoms with van der Waals surface area (Å²) in [5.74, 6) is 1.20. The second-order valence-corrected chi connectivity index (χ2v) is 13.1. The summed E-state index contributed by atoms with van der Waals surface area (Å²) < 4.78 is 6.32. The SMILES string of the molecule is Cc1c(Nc2nccc3cc(CNC[C@H](C)O)cnc23)cccc1-c1cccc(-c2nc3cc(CN4CCCCC4)cc(C#N)c3o2)c1C. The number of fused-ring (bicyclic) bond motifs is 2. The summed E-state index contributed by atoms with van der Waals surface area (Å²) in [5.41, 5.74) is 10.8. The number of oxazole rings is 1. The average Bonchev–Trinajstić information content (AvgIpc) is 3.53. The highest BCUT2D eigenvalue weighted by Gasteiger charge is 2.19. The predicted molar refractivity (Wildman–Crippen MR) is 194 cm³/mol. The maximum Gasteiger partial charge on any atom is 0.227 e. The van der Waals surface area contributed by atoms with Crippen LogP contribution in [0.4, 0.5) is 11.5 Å². The molecule has 0 radical (unpaired) electrons. The molecule has 0 unspecified atom stereocenters. The molecule has 49 heavy (non-hydrogen) atoms. The molecule has 1 atom stereocenters. The van der Waals surface area contributed by atoms with Gasteiger partial charge in [-0.25, -0.2) is 9.97 Å². The van der Waals surface area contributed by atoms with Gasteiger partial charge in [0.25, 0.3) is 0 Å². The summed E-state index contributed by atoms with van der Waals surface area (Å²) in [6.07, 6.45) is 6.97. The zero-order valence-electron chi connectivity index (χ0n) is 28.3. The standard InChI is InChI=1S/C40H41N7O2/c1-25(48)21-42-22-29-18-30-13-14-43-39(37(30)44-23-29)45-35-12-8-10-33(27(35)3)32-9-7-11-34(26(32)2)40-46-36-19-28(17-31(20-41)38(36)49-40)24-47-15-5-4-6-16-47/h7-14,17-19,23,25,42,48H,4-6,15-16,21-22,24H2,1-3H3,(H,43,45)/t25-/m0/s1. The lowest BCUT2D eigenvalue weighted by molar-refractivity contribution is 0.191. The maximum atomic E-state index is 10.00. The molecule has 0 saturated carbocycles. The second-order valence-electron chi connectivity index (χ2n) is 13.1. The van der Waals surface area contributed by atoms with Crippen LogP contribution in [0.2, 0.25) is 0 Å². The molecule has 248 valence electrons. The zero-order valence-corrected chi connectivity index (χ0v) is 28.3. The largest absolute Gasteiger partial charge is 0.435 e. The third kappa shape index (κ3) is 6.90. The fraction of sp³-hybridized carbons (Fsp3) is 0.300. The molecular weight excluding hydrogens is 610 g/mol. The minimum absolute atomic E-state index is 0.402. The molecule has 1 fully saturated rings. The second kappa shape index (κ2) is 14.1. The molecule has 4 heterocycles. The van der Waals surface area contributed by atoms with Gasteiger partial charge in [-0.05, 0) is 116 Å². The fourth-order valence-corrected chi connectivity index (χ4v) is 6.82. The van der Waals surface area contributed by atoms with E-state index in [0.717, 1.165) is 75.2 Å². The van der Waals surface area contributed by atoms with Crippen LogP contribution in [0.3, 0.4) is 0 Å². The number of aliphatic hydroxyl groups excluding tert-OH is 1. The highest BCUT2D eigenvalue weighted by molar-refractivity contribution is 5.91. The lowest BCUT2D eigenvalue weighted by Crippen LogP contribution is -2.29. The number of nitrogens with one attached hydrogen (secondary N) is 2. The number of nitrogens with zero attached hydrogens (tertiary/aromatic N) is 5. The van der Waals surface area contributed by atoms with Gasteiger partial charge in [0, 0.05) is 48.7 Å². The smallest absolute Gasteiger partial charge is 0.227 e. The van der Waals surface area contributed by atoms with E-state index in [1.165, 1.54) is 19.3 Å². The Morgan fingerprint density at radius 3 is 2.51 bits per heavy atom. The number of rotatable bonds is 10. The van der Waals surface area contributed by atoms with E-state index in [9.17, 15) is 10.4 Å². The molecular formula is C40H41N7O2. The number of anilines is 2. The van der Waals surface area contributed by atoms with Gasteiger partial charge in [-0.1, -0.05) is 30.7 Å². The van der Waals surface area contributed by atoms with Gasteiger partial charge in [-0.3, -0.25) is 9.88 Å². The van der Waals surface area contributed by atoms with E-state index in [0.29, 0.717) is 41.5 Å². The van der Waals surface area contributed by atoms with Crippen LogP contribution in [0, 0.1) is 25.2 Å². The summed E-state index contributed by atoms with van der Waals surface area (Å²) in [4.78, 5) is 16.7. The Labute approximate surface area is 286 Å². The molecule has 0 amide bonds.